The lowest BCUT2D eigenvalue weighted by molar-refractivity contribution is 0.342. The van der Waals surface area contributed by atoms with E-state index in [0.717, 1.165) is 0 Å². The summed E-state index contributed by atoms with van der Waals surface area (Å²) < 4.78 is 0. The zero-order chi connectivity index (χ0) is 10.9. The molecule has 1 saturated carbocycles. The second-order valence-corrected chi connectivity index (χ2v) is 5.82. The van der Waals surface area contributed by atoms with Gasteiger partial charge in [-0.15, -0.1) is 0 Å². The lowest BCUT2D eigenvalue weighted by Crippen LogP contribution is -2.46. The second kappa shape index (κ2) is 3.64. The quantitative estimate of drug-likeness (QED) is 0.795. The third-order valence-corrected chi connectivity index (χ3v) is 2.88. The maximum absolute atomic E-state index is 3.76. The first-order chi connectivity index (χ1) is 6.99. The third kappa shape index (κ3) is 3.07. The van der Waals surface area contributed by atoms with Crippen LogP contribution in [0.25, 0.3) is 0 Å². The van der Waals surface area contributed by atoms with Gasteiger partial charge >= 0.3 is 0 Å². The van der Waals surface area contributed by atoms with Crippen LogP contribution in [-0.2, 0) is 6.42 Å². The van der Waals surface area contributed by atoms with Crippen molar-refractivity contribution in [2.45, 2.75) is 51.1 Å². The van der Waals surface area contributed by atoms with Crippen LogP contribution >= 0.6 is 0 Å². The molecular formula is C14H21N. The van der Waals surface area contributed by atoms with Gasteiger partial charge in [0.25, 0.3) is 0 Å². The maximum atomic E-state index is 3.76. The Balaban J connectivity index is 2.00. The van der Waals surface area contributed by atoms with Crippen LogP contribution in [-0.4, -0.2) is 11.1 Å². The van der Waals surface area contributed by atoms with E-state index in [0.29, 0.717) is 5.54 Å². The number of nitrogens with one attached hydrogen (secondary N) is 1. The molecule has 1 aliphatic carbocycles. The average Bonchev–Trinajstić information content (AvgIpc) is 2.83. The minimum Gasteiger partial charge on any atom is -0.306 e. The van der Waals surface area contributed by atoms with E-state index in [2.05, 4.69) is 56.4 Å². The van der Waals surface area contributed by atoms with Gasteiger partial charge in [-0.1, -0.05) is 30.3 Å². The monoisotopic (exact) mass is 203 g/mol. The van der Waals surface area contributed by atoms with Crippen LogP contribution in [0.5, 0.6) is 0 Å². The summed E-state index contributed by atoms with van der Waals surface area (Å²) in [5.74, 6) is 0. The Labute approximate surface area is 92.9 Å². The minimum absolute atomic E-state index is 0.227. The third-order valence-electron chi connectivity index (χ3n) is 2.88. The molecule has 2 rings (SSSR count). The van der Waals surface area contributed by atoms with Gasteiger partial charge in [0.1, 0.15) is 0 Å². The highest BCUT2D eigenvalue weighted by atomic mass is 15.1. The van der Waals surface area contributed by atoms with E-state index in [-0.39, 0.29) is 5.54 Å². The van der Waals surface area contributed by atoms with E-state index in [1.807, 2.05) is 0 Å². The Morgan fingerprint density at radius 1 is 1.13 bits per heavy atom. The molecule has 0 aromatic heterocycles. The number of benzene rings is 1. The van der Waals surface area contributed by atoms with Gasteiger partial charge in [-0.25, -0.2) is 0 Å². The molecule has 0 unspecified atom stereocenters. The first kappa shape index (κ1) is 10.7. The standard InChI is InChI=1S/C14H21N/c1-13(2,3)15-14(9-10-14)11-12-7-5-4-6-8-12/h4-8,15H,9-11H2,1-3H3. The molecule has 82 valence electrons. The molecule has 1 aliphatic rings. The Kier molecular flexibility index (Phi) is 2.59. The van der Waals surface area contributed by atoms with Gasteiger partial charge in [0.2, 0.25) is 0 Å². The van der Waals surface area contributed by atoms with Crippen LogP contribution in [0.4, 0.5) is 0 Å². The van der Waals surface area contributed by atoms with E-state index in [4.69, 9.17) is 0 Å². The van der Waals surface area contributed by atoms with Crippen LogP contribution in [0.2, 0.25) is 0 Å². The van der Waals surface area contributed by atoms with Gasteiger partial charge in [0, 0.05) is 11.1 Å². The van der Waals surface area contributed by atoms with Gasteiger partial charge < -0.3 is 5.32 Å². The minimum atomic E-state index is 0.227. The number of hydrogen-bond donors (Lipinski definition) is 1. The van der Waals surface area contributed by atoms with Gasteiger partial charge in [0.15, 0.2) is 0 Å². The SMILES string of the molecule is CC(C)(C)NC1(Cc2ccccc2)CC1. The second-order valence-electron chi connectivity index (χ2n) is 5.82. The molecule has 1 heteroatoms. The first-order valence-corrected chi connectivity index (χ1v) is 5.82. The van der Waals surface area contributed by atoms with Crippen molar-refractivity contribution >= 4 is 0 Å². The maximum Gasteiger partial charge on any atom is 0.0228 e. The summed E-state index contributed by atoms with van der Waals surface area (Å²) in [4.78, 5) is 0. The summed E-state index contributed by atoms with van der Waals surface area (Å²) >= 11 is 0. The van der Waals surface area contributed by atoms with Gasteiger partial charge in [-0.3, -0.25) is 0 Å². The Bertz CT molecular complexity index is 317. The molecule has 0 heterocycles. The molecule has 15 heavy (non-hydrogen) atoms. The van der Waals surface area contributed by atoms with Crippen LogP contribution in [0.15, 0.2) is 30.3 Å². The van der Waals surface area contributed by atoms with Gasteiger partial charge in [-0.05, 0) is 45.6 Å². The van der Waals surface area contributed by atoms with Crippen molar-refractivity contribution in [3.8, 4) is 0 Å². The largest absolute Gasteiger partial charge is 0.306 e. The van der Waals surface area contributed by atoms with Crippen molar-refractivity contribution in [3.05, 3.63) is 35.9 Å². The predicted octanol–water partition coefficient (Wildman–Crippen LogP) is 3.15. The smallest absolute Gasteiger partial charge is 0.0228 e. The van der Waals surface area contributed by atoms with Crippen molar-refractivity contribution in [2.75, 3.05) is 0 Å². The van der Waals surface area contributed by atoms with Crippen LogP contribution in [0, 0.1) is 0 Å². The lowest BCUT2D eigenvalue weighted by Gasteiger charge is -2.28. The van der Waals surface area contributed by atoms with Crippen LogP contribution in [0.1, 0.15) is 39.2 Å². The summed E-state index contributed by atoms with van der Waals surface area (Å²) in [5, 5.41) is 3.76. The van der Waals surface area contributed by atoms with E-state index in [1.54, 1.807) is 0 Å². The van der Waals surface area contributed by atoms with Crippen molar-refractivity contribution in [1.29, 1.82) is 0 Å². The fourth-order valence-electron chi connectivity index (χ4n) is 2.28. The molecule has 0 spiro atoms. The molecule has 0 amide bonds. The molecule has 1 N–H and O–H groups in total. The highest BCUT2D eigenvalue weighted by Crippen LogP contribution is 2.40. The summed E-state index contributed by atoms with van der Waals surface area (Å²) in [5.41, 5.74) is 2.07. The normalized spacial score (nSPS) is 18.9. The fraction of sp³-hybridized carbons (Fsp3) is 0.571. The van der Waals surface area contributed by atoms with Gasteiger partial charge in [-0.2, -0.15) is 0 Å². The van der Waals surface area contributed by atoms with Crippen molar-refractivity contribution in [1.82, 2.24) is 5.32 Å². The average molecular weight is 203 g/mol. The molecule has 0 atom stereocenters. The summed E-state index contributed by atoms with van der Waals surface area (Å²) in [6, 6.07) is 10.8. The molecule has 1 fully saturated rings. The molecule has 1 nitrogen and oxygen atoms in total. The highest BCUT2D eigenvalue weighted by molar-refractivity contribution is 5.21. The summed E-state index contributed by atoms with van der Waals surface area (Å²) in [6.07, 6.45) is 3.81. The number of hydrogen-bond acceptors (Lipinski definition) is 1. The van der Waals surface area contributed by atoms with E-state index in [1.165, 1.54) is 24.8 Å². The fourth-order valence-corrected chi connectivity index (χ4v) is 2.28. The Morgan fingerprint density at radius 2 is 1.73 bits per heavy atom. The topological polar surface area (TPSA) is 12.0 Å². The molecule has 0 bridgehead atoms. The molecule has 1 aromatic carbocycles. The molecule has 0 aliphatic heterocycles. The van der Waals surface area contributed by atoms with Gasteiger partial charge in [0.05, 0.1) is 0 Å². The summed E-state index contributed by atoms with van der Waals surface area (Å²) in [6.45, 7) is 6.74. The molecule has 1 aromatic rings. The lowest BCUT2D eigenvalue weighted by atomic mass is 10.00. The zero-order valence-corrected chi connectivity index (χ0v) is 10.0. The predicted molar refractivity (Wildman–Crippen MR) is 65.0 cm³/mol. The molecule has 0 saturated heterocycles. The Hall–Kier alpha value is -0.820. The van der Waals surface area contributed by atoms with E-state index < -0.39 is 0 Å². The van der Waals surface area contributed by atoms with Crippen LogP contribution in [0.3, 0.4) is 0 Å². The van der Waals surface area contributed by atoms with E-state index >= 15 is 0 Å². The highest BCUT2D eigenvalue weighted by Gasteiger charge is 2.44. The van der Waals surface area contributed by atoms with Crippen molar-refractivity contribution in [2.24, 2.45) is 0 Å². The number of rotatable bonds is 3. The first-order valence-electron chi connectivity index (χ1n) is 5.82. The van der Waals surface area contributed by atoms with Crippen LogP contribution < -0.4 is 5.32 Å². The zero-order valence-electron chi connectivity index (χ0n) is 10.0. The van der Waals surface area contributed by atoms with Crippen molar-refractivity contribution < 1.29 is 0 Å². The summed E-state index contributed by atoms with van der Waals surface area (Å²) in [7, 11) is 0. The van der Waals surface area contributed by atoms with E-state index in [9.17, 15) is 0 Å². The molecule has 0 radical (unpaired) electrons. The Morgan fingerprint density at radius 3 is 2.20 bits per heavy atom. The molecular weight excluding hydrogens is 182 g/mol. The van der Waals surface area contributed by atoms with Crippen molar-refractivity contribution in [3.63, 3.8) is 0 Å².